The Hall–Kier alpha value is -2.83. The number of esters is 2. The third kappa shape index (κ3) is 31.6. The Balaban J connectivity index is 2.34. The molecule has 1 saturated heterocycles. The van der Waals surface area contributed by atoms with Crippen molar-refractivity contribution in [3.05, 3.63) is 48.6 Å². The minimum absolute atomic E-state index is 0.176. The zero-order chi connectivity index (χ0) is 44.6. The van der Waals surface area contributed by atoms with Gasteiger partial charge in [-0.15, -0.1) is 0 Å². The van der Waals surface area contributed by atoms with Crippen LogP contribution in [0.25, 0.3) is 0 Å². The number of aliphatic carboxylic acids is 1. The molecule has 4 N–H and O–H groups in total. The van der Waals surface area contributed by atoms with E-state index in [1.807, 2.05) is 0 Å². The number of hydrogen-bond acceptors (Lipinski definition) is 10. The highest BCUT2D eigenvalue weighted by Gasteiger charge is 2.47. The molecule has 0 saturated carbocycles. The van der Waals surface area contributed by atoms with E-state index in [2.05, 4.69) is 62.5 Å². The number of allylic oxidation sites excluding steroid dienone is 8. The summed E-state index contributed by atoms with van der Waals surface area (Å²) in [4.78, 5) is 36.9. The van der Waals surface area contributed by atoms with Gasteiger partial charge in [-0.05, 0) is 51.4 Å². The number of carboxylic acids is 1. The molecule has 6 unspecified atom stereocenters. The summed E-state index contributed by atoms with van der Waals surface area (Å²) in [7, 11) is 0. The molecule has 1 fully saturated rings. The maximum Gasteiger partial charge on any atom is 0.335 e. The summed E-state index contributed by atoms with van der Waals surface area (Å²) < 4.78 is 21.7. The molecule has 0 radical (unpaired) electrons. The Morgan fingerprint density at radius 2 is 0.967 bits per heavy atom. The molecule has 1 aliphatic rings. The van der Waals surface area contributed by atoms with Gasteiger partial charge in [0.15, 0.2) is 18.5 Å². The van der Waals surface area contributed by atoms with Crippen molar-refractivity contribution in [3.8, 4) is 0 Å². The van der Waals surface area contributed by atoms with Crippen LogP contribution in [0.1, 0.15) is 200 Å². The Kier molecular flexibility index (Phi) is 36.8. The highest BCUT2D eigenvalue weighted by molar-refractivity contribution is 5.73. The van der Waals surface area contributed by atoms with Gasteiger partial charge in [0.2, 0.25) is 0 Å². The van der Waals surface area contributed by atoms with Crippen molar-refractivity contribution >= 4 is 17.9 Å². The first-order chi connectivity index (χ1) is 29.7. The van der Waals surface area contributed by atoms with Crippen LogP contribution in [-0.2, 0) is 33.3 Å². The van der Waals surface area contributed by atoms with Gasteiger partial charge in [-0.3, -0.25) is 9.59 Å². The second-order valence-corrected chi connectivity index (χ2v) is 16.6. The van der Waals surface area contributed by atoms with Crippen LogP contribution in [0.15, 0.2) is 48.6 Å². The zero-order valence-electron chi connectivity index (χ0n) is 38.1. The molecule has 1 rings (SSSR count). The molecule has 11 heteroatoms. The van der Waals surface area contributed by atoms with Gasteiger partial charge in [-0.1, -0.05) is 184 Å². The van der Waals surface area contributed by atoms with Crippen molar-refractivity contribution < 1.29 is 53.8 Å². The van der Waals surface area contributed by atoms with Gasteiger partial charge in [0.1, 0.15) is 24.9 Å². The van der Waals surface area contributed by atoms with Crippen molar-refractivity contribution in [1.29, 1.82) is 0 Å². The summed E-state index contributed by atoms with van der Waals surface area (Å²) in [6, 6.07) is 0. The Morgan fingerprint density at radius 3 is 1.46 bits per heavy atom. The molecular formula is C50H86O11. The maximum absolute atomic E-state index is 12.8. The topological polar surface area (TPSA) is 169 Å². The molecule has 0 amide bonds. The second-order valence-electron chi connectivity index (χ2n) is 16.6. The third-order valence-corrected chi connectivity index (χ3v) is 10.9. The molecule has 0 bridgehead atoms. The lowest BCUT2D eigenvalue weighted by Gasteiger charge is -2.38. The van der Waals surface area contributed by atoms with Crippen LogP contribution in [0.3, 0.4) is 0 Å². The van der Waals surface area contributed by atoms with Crippen molar-refractivity contribution in [3.63, 3.8) is 0 Å². The fourth-order valence-corrected chi connectivity index (χ4v) is 7.16. The van der Waals surface area contributed by atoms with Crippen LogP contribution in [0.5, 0.6) is 0 Å². The SMILES string of the molecule is CC/C=C\C/C=C\C/C=C\C/C=C\CCCCC(=O)OCC(COC1OC(C(=O)O)C(O)C(O)C1O)OC(=O)CCCCCCCCCCCCCCCCCCCCCC. The van der Waals surface area contributed by atoms with Crippen LogP contribution in [0.4, 0.5) is 0 Å². The lowest BCUT2D eigenvalue weighted by molar-refractivity contribution is -0.298. The number of aliphatic hydroxyl groups is 3. The quantitative estimate of drug-likeness (QED) is 0.0263. The predicted octanol–water partition coefficient (Wildman–Crippen LogP) is 10.9. The van der Waals surface area contributed by atoms with Crippen LogP contribution in [-0.4, -0.2) is 88.4 Å². The average molecular weight is 863 g/mol. The van der Waals surface area contributed by atoms with Crippen molar-refractivity contribution in [2.45, 2.75) is 237 Å². The van der Waals surface area contributed by atoms with Gasteiger partial charge in [-0.25, -0.2) is 4.79 Å². The van der Waals surface area contributed by atoms with Gasteiger partial charge in [0.25, 0.3) is 0 Å². The molecular weight excluding hydrogens is 777 g/mol. The summed E-state index contributed by atoms with van der Waals surface area (Å²) in [5.41, 5.74) is 0. The van der Waals surface area contributed by atoms with Gasteiger partial charge in [-0.2, -0.15) is 0 Å². The Labute approximate surface area is 369 Å². The third-order valence-electron chi connectivity index (χ3n) is 10.9. The summed E-state index contributed by atoms with van der Waals surface area (Å²) in [6.07, 6.45) is 38.8. The summed E-state index contributed by atoms with van der Waals surface area (Å²) in [6.45, 7) is 3.68. The molecule has 352 valence electrons. The average Bonchev–Trinajstić information content (AvgIpc) is 3.24. The van der Waals surface area contributed by atoms with Gasteiger partial charge in [0.05, 0.1) is 6.61 Å². The fraction of sp³-hybridized carbons (Fsp3) is 0.780. The van der Waals surface area contributed by atoms with Crippen LogP contribution >= 0.6 is 0 Å². The van der Waals surface area contributed by atoms with E-state index in [9.17, 15) is 34.8 Å². The van der Waals surface area contributed by atoms with E-state index in [1.54, 1.807) is 0 Å². The van der Waals surface area contributed by atoms with Crippen molar-refractivity contribution in [2.75, 3.05) is 13.2 Å². The zero-order valence-corrected chi connectivity index (χ0v) is 38.1. The molecule has 1 heterocycles. The van der Waals surface area contributed by atoms with E-state index in [4.69, 9.17) is 18.9 Å². The van der Waals surface area contributed by atoms with Crippen LogP contribution < -0.4 is 0 Å². The first-order valence-corrected chi connectivity index (χ1v) is 24.2. The van der Waals surface area contributed by atoms with Gasteiger partial charge >= 0.3 is 17.9 Å². The molecule has 0 aromatic heterocycles. The molecule has 11 nitrogen and oxygen atoms in total. The molecule has 0 aliphatic carbocycles. The minimum Gasteiger partial charge on any atom is -0.479 e. The van der Waals surface area contributed by atoms with Crippen molar-refractivity contribution in [1.82, 2.24) is 0 Å². The summed E-state index contributed by atoms with van der Waals surface area (Å²) >= 11 is 0. The predicted molar refractivity (Wildman–Crippen MR) is 243 cm³/mol. The number of carboxylic acid groups (broad SMARTS) is 1. The standard InChI is InChI=1S/C50H86O11/c1-3-5-7-9-11-13-15-17-19-20-21-22-23-25-27-29-31-33-35-37-39-44(52)60-42(41-59-50-47(55)45(53)46(54)48(61-50)49(56)57)40-58-43(51)38-36-34-32-30-28-26-24-18-16-14-12-10-8-6-4-2/h6,8,12,14,18,24,28,30,42,45-48,50,53-55H,3-5,7,9-11,13,15-17,19-23,25-27,29,31-41H2,1-2H3,(H,56,57)/b8-6-,14-12-,24-18-,30-28-. The maximum atomic E-state index is 12.8. The first-order valence-electron chi connectivity index (χ1n) is 24.2. The number of unbranched alkanes of at least 4 members (excludes halogenated alkanes) is 21. The molecule has 0 aromatic rings. The van der Waals surface area contributed by atoms with E-state index < -0.39 is 61.3 Å². The number of hydrogen-bond donors (Lipinski definition) is 4. The van der Waals surface area contributed by atoms with Crippen molar-refractivity contribution in [2.24, 2.45) is 0 Å². The first kappa shape index (κ1) is 56.2. The largest absolute Gasteiger partial charge is 0.479 e. The monoisotopic (exact) mass is 863 g/mol. The smallest absolute Gasteiger partial charge is 0.335 e. The Bertz CT molecular complexity index is 1200. The highest BCUT2D eigenvalue weighted by Crippen LogP contribution is 2.23. The van der Waals surface area contributed by atoms with Crippen LogP contribution in [0.2, 0.25) is 0 Å². The molecule has 61 heavy (non-hydrogen) atoms. The van der Waals surface area contributed by atoms with Gasteiger partial charge in [0, 0.05) is 12.8 Å². The summed E-state index contributed by atoms with van der Waals surface area (Å²) in [5.74, 6) is -2.49. The second kappa shape index (κ2) is 40.0. The number of ether oxygens (including phenoxy) is 4. The van der Waals surface area contributed by atoms with E-state index >= 15 is 0 Å². The molecule has 0 aromatic carbocycles. The number of aliphatic hydroxyl groups excluding tert-OH is 3. The number of carbonyl (C=O) groups is 3. The number of carbonyl (C=O) groups excluding carboxylic acids is 2. The van der Waals surface area contributed by atoms with Gasteiger partial charge < -0.3 is 39.4 Å². The summed E-state index contributed by atoms with van der Waals surface area (Å²) in [5, 5.41) is 39.9. The van der Waals surface area contributed by atoms with E-state index in [0.29, 0.717) is 12.8 Å². The highest BCUT2D eigenvalue weighted by atomic mass is 16.7. The van der Waals surface area contributed by atoms with E-state index in [1.165, 1.54) is 103 Å². The van der Waals surface area contributed by atoms with Crippen LogP contribution in [0, 0.1) is 0 Å². The molecule has 6 atom stereocenters. The minimum atomic E-state index is -1.87. The van der Waals surface area contributed by atoms with E-state index in [-0.39, 0.29) is 19.4 Å². The fourth-order valence-electron chi connectivity index (χ4n) is 7.16. The molecule has 0 spiro atoms. The van der Waals surface area contributed by atoms with E-state index in [0.717, 1.165) is 57.8 Å². The normalized spacial score (nSPS) is 20.0. The lowest BCUT2D eigenvalue weighted by Crippen LogP contribution is -2.60. The lowest BCUT2D eigenvalue weighted by atomic mass is 9.99. The molecule has 1 aliphatic heterocycles. The Morgan fingerprint density at radius 1 is 0.525 bits per heavy atom. The number of rotatable bonds is 40.